The Morgan fingerprint density at radius 3 is 2.08 bits per heavy atom. The van der Waals surface area contributed by atoms with Gasteiger partial charge >= 0.3 is 0 Å². The minimum absolute atomic E-state index is 0.382. The number of benzene rings is 3. The highest BCUT2D eigenvalue weighted by atomic mass is 16.7. The Kier molecular flexibility index (Phi) is 3.40. The van der Waals surface area contributed by atoms with Crippen molar-refractivity contribution in [2.45, 2.75) is 13.0 Å². The Hall–Kier alpha value is -2.98. The number of imide groups is 1. The van der Waals surface area contributed by atoms with Crippen molar-refractivity contribution in [3.8, 4) is 0 Å². The Morgan fingerprint density at radius 1 is 0.792 bits per heavy atom. The fourth-order valence-electron chi connectivity index (χ4n) is 3.08. The smallest absolute Gasteiger partial charge is 0.266 e. The number of carbonyl (C=O) groups excluding carboxylic acids is 2. The summed E-state index contributed by atoms with van der Waals surface area (Å²) in [7, 11) is 0. The molecule has 118 valence electrons. The van der Waals surface area contributed by atoms with Crippen LogP contribution in [0, 0.1) is 0 Å². The maximum Gasteiger partial charge on any atom is 0.285 e. The van der Waals surface area contributed by atoms with E-state index in [2.05, 4.69) is 0 Å². The molecular formula is C20H15NO3. The van der Waals surface area contributed by atoms with Crippen molar-refractivity contribution in [3.63, 3.8) is 0 Å². The Bertz CT molecular complexity index is 924. The third kappa shape index (κ3) is 2.20. The van der Waals surface area contributed by atoms with E-state index in [1.54, 1.807) is 24.3 Å². The molecule has 0 aliphatic carbocycles. The van der Waals surface area contributed by atoms with Gasteiger partial charge in [0.15, 0.2) is 0 Å². The van der Waals surface area contributed by atoms with Gasteiger partial charge in [-0.2, -0.15) is 0 Å². The van der Waals surface area contributed by atoms with Crippen LogP contribution in [0.1, 0.15) is 39.3 Å². The predicted octanol–water partition coefficient (Wildman–Crippen LogP) is 4.13. The molecule has 24 heavy (non-hydrogen) atoms. The molecule has 0 saturated heterocycles. The second-order valence-corrected chi connectivity index (χ2v) is 5.77. The van der Waals surface area contributed by atoms with Gasteiger partial charge in [0.2, 0.25) is 0 Å². The van der Waals surface area contributed by atoms with E-state index in [1.807, 2.05) is 49.4 Å². The van der Waals surface area contributed by atoms with E-state index in [0.29, 0.717) is 11.1 Å². The molecule has 0 saturated carbocycles. The molecule has 3 aromatic rings. The average molecular weight is 317 g/mol. The Labute approximate surface area is 139 Å². The van der Waals surface area contributed by atoms with Crippen molar-refractivity contribution in [2.24, 2.45) is 0 Å². The van der Waals surface area contributed by atoms with E-state index < -0.39 is 17.9 Å². The lowest BCUT2D eigenvalue weighted by Crippen LogP contribution is -2.31. The maximum absolute atomic E-state index is 12.4. The van der Waals surface area contributed by atoms with Crippen molar-refractivity contribution in [3.05, 3.63) is 83.4 Å². The molecule has 0 N–H and O–H groups in total. The zero-order chi connectivity index (χ0) is 16.7. The van der Waals surface area contributed by atoms with E-state index >= 15 is 0 Å². The van der Waals surface area contributed by atoms with Crippen molar-refractivity contribution < 1.29 is 14.4 Å². The van der Waals surface area contributed by atoms with Crippen LogP contribution >= 0.6 is 0 Å². The minimum atomic E-state index is -0.432. The third-order valence-electron chi connectivity index (χ3n) is 4.28. The van der Waals surface area contributed by atoms with Crippen molar-refractivity contribution in [1.29, 1.82) is 0 Å². The summed E-state index contributed by atoms with van der Waals surface area (Å²) in [4.78, 5) is 30.6. The van der Waals surface area contributed by atoms with Gasteiger partial charge in [0.05, 0.1) is 11.1 Å². The molecule has 2 amide bonds. The van der Waals surface area contributed by atoms with Crippen LogP contribution < -0.4 is 0 Å². The van der Waals surface area contributed by atoms with E-state index in [1.165, 1.54) is 0 Å². The van der Waals surface area contributed by atoms with Crippen molar-refractivity contribution >= 4 is 22.6 Å². The number of fused-ring (bicyclic) bond motifs is 2. The highest BCUT2D eigenvalue weighted by molar-refractivity contribution is 6.20. The number of nitrogens with zero attached hydrogens (tertiary/aromatic N) is 1. The summed E-state index contributed by atoms with van der Waals surface area (Å²) in [5.41, 5.74) is 1.70. The monoisotopic (exact) mass is 317 g/mol. The SMILES string of the molecule is CC(ON1C(=O)c2ccccc2C1=O)c1cccc2ccccc12. The molecule has 3 aromatic carbocycles. The molecule has 1 aliphatic heterocycles. The minimum Gasteiger partial charge on any atom is -0.266 e. The van der Waals surface area contributed by atoms with E-state index in [4.69, 9.17) is 4.84 Å². The van der Waals surface area contributed by atoms with Crippen LogP contribution in [0.15, 0.2) is 66.7 Å². The van der Waals surface area contributed by atoms with Gasteiger partial charge in [-0.25, -0.2) is 0 Å². The number of hydroxylamine groups is 2. The molecule has 4 heteroatoms. The largest absolute Gasteiger partial charge is 0.285 e. The molecule has 4 nitrogen and oxygen atoms in total. The van der Waals surface area contributed by atoms with Crippen LogP contribution in [0.4, 0.5) is 0 Å². The van der Waals surface area contributed by atoms with Gasteiger partial charge in [-0.05, 0) is 35.4 Å². The Balaban J connectivity index is 1.66. The topological polar surface area (TPSA) is 46.6 Å². The first-order valence-corrected chi connectivity index (χ1v) is 7.79. The summed E-state index contributed by atoms with van der Waals surface area (Å²) < 4.78 is 0. The molecule has 0 aromatic heterocycles. The first-order valence-electron chi connectivity index (χ1n) is 7.79. The summed E-state index contributed by atoms with van der Waals surface area (Å²) in [5, 5.41) is 3.01. The number of hydrogen-bond acceptors (Lipinski definition) is 3. The van der Waals surface area contributed by atoms with Crippen LogP contribution in [0.2, 0.25) is 0 Å². The second-order valence-electron chi connectivity index (χ2n) is 5.77. The van der Waals surface area contributed by atoms with Crippen molar-refractivity contribution in [2.75, 3.05) is 0 Å². The van der Waals surface area contributed by atoms with Crippen LogP contribution in [0.3, 0.4) is 0 Å². The lowest BCUT2D eigenvalue weighted by atomic mass is 10.0. The normalized spacial score (nSPS) is 15.0. The third-order valence-corrected chi connectivity index (χ3v) is 4.28. The lowest BCUT2D eigenvalue weighted by Gasteiger charge is -2.20. The maximum atomic E-state index is 12.4. The molecular weight excluding hydrogens is 302 g/mol. The molecule has 0 fully saturated rings. The molecule has 0 bridgehead atoms. The summed E-state index contributed by atoms with van der Waals surface area (Å²) in [6.07, 6.45) is -0.432. The molecule has 0 spiro atoms. The Morgan fingerprint density at radius 2 is 1.38 bits per heavy atom. The van der Waals surface area contributed by atoms with Gasteiger partial charge in [0.25, 0.3) is 11.8 Å². The highest BCUT2D eigenvalue weighted by Crippen LogP contribution is 2.30. The van der Waals surface area contributed by atoms with Crippen LogP contribution in [0.25, 0.3) is 10.8 Å². The molecule has 4 rings (SSSR count). The van der Waals surface area contributed by atoms with Crippen LogP contribution in [0.5, 0.6) is 0 Å². The number of hydrogen-bond donors (Lipinski definition) is 0. The quantitative estimate of drug-likeness (QED) is 0.682. The molecule has 1 unspecified atom stereocenters. The van der Waals surface area contributed by atoms with E-state index in [0.717, 1.165) is 21.4 Å². The zero-order valence-electron chi connectivity index (χ0n) is 13.1. The second kappa shape index (κ2) is 5.58. The first-order chi connectivity index (χ1) is 11.7. The van der Waals surface area contributed by atoms with Gasteiger partial charge in [-0.15, -0.1) is 5.06 Å². The average Bonchev–Trinajstić information content (AvgIpc) is 2.86. The van der Waals surface area contributed by atoms with Crippen molar-refractivity contribution in [1.82, 2.24) is 5.06 Å². The predicted molar refractivity (Wildman–Crippen MR) is 90.4 cm³/mol. The fourth-order valence-corrected chi connectivity index (χ4v) is 3.08. The fraction of sp³-hybridized carbons (Fsp3) is 0.100. The van der Waals surface area contributed by atoms with Gasteiger partial charge in [0, 0.05) is 0 Å². The molecule has 1 atom stereocenters. The highest BCUT2D eigenvalue weighted by Gasteiger charge is 2.37. The van der Waals surface area contributed by atoms with Gasteiger partial charge in [-0.1, -0.05) is 54.6 Å². The first kappa shape index (κ1) is 14.6. The van der Waals surface area contributed by atoms with Gasteiger partial charge in [-0.3, -0.25) is 14.4 Å². The standard InChI is InChI=1S/C20H15NO3/c1-13(15-12-6-8-14-7-2-3-9-16(14)15)24-21-19(22)17-10-4-5-11-18(17)20(21)23/h2-13H,1H3. The number of rotatable bonds is 3. The zero-order valence-corrected chi connectivity index (χ0v) is 13.1. The number of carbonyl (C=O) groups is 2. The summed E-state index contributed by atoms with van der Waals surface area (Å²) >= 11 is 0. The molecule has 1 heterocycles. The van der Waals surface area contributed by atoms with Crippen LogP contribution in [-0.4, -0.2) is 16.9 Å². The summed E-state index contributed by atoms with van der Waals surface area (Å²) in [6, 6.07) is 20.6. The van der Waals surface area contributed by atoms with E-state index in [9.17, 15) is 9.59 Å². The van der Waals surface area contributed by atoms with Gasteiger partial charge in [0.1, 0.15) is 6.10 Å². The van der Waals surface area contributed by atoms with E-state index in [-0.39, 0.29) is 0 Å². The molecule has 0 radical (unpaired) electrons. The van der Waals surface area contributed by atoms with Gasteiger partial charge < -0.3 is 0 Å². The summed E-state index contributed by atoms with van der Waals surface area (Å²) in [5.74, 6) is -0.828. The lowest BCUT2D eigenvalue weighted by molar-refractivity contribution is -0.127. The van der Waals surface area contributed by atoms with Crippen LogP contribution in [-0.2, 0) is 4.84 Å². The summed E-state index contributed by atoms with van der Waals surface area (Å²) in [6.45, 7) is 1.84. The molecule has 1 aliphatic rings. The number of amides is 2.